The SMILES string of the molecule is CCCNC(=O)[C@H](C)N(Cc1ccc(Cl)cc1Cl)C(=O)CCCN(c1ccc(C)cc1)S(C)(=O)=O. The molecule has 0 aliphatic carbocycles. The van der Waals surface area contributed by atoms with E-state index in [2.05, 4.69) is 5.32 Å². The fourth-order valence-electron chi connectivity index (χ4n) is 3.53. The van der Waals surface area contributed by atoms with Gasteiger partial charge in [-0.1, -0.05) is 53.9 Å². The number of sulfonamides is 1. The van der Waals surface area contributed by atoms with Crippen LogP contribution in [-0.2, 0) is 26.2 Å². The van der Waals surface area contributed by atoms with E-state index in [-0.39, 0.29) is 37.7 Å². The Morgan fingerprint density at radius 1 is 1.09 bits per heavy atom. The average molecular weight is 543 g/mol. The number of nitrogens with zero attached hydrogens (tertiary/aromatic N) is 2. The molecule has 0 unspecified atom stereocenters. The van der Waals surface area contributed by atoms with Gasteiger partial charge in [0.15, 0.2) is 0 Å². The molecule has 0 aromatic heterocycles. The molecule has 1 atom stereocenters. The molecule has 192 valence electrons. The number of carbonyl (C=O) groups excluding carboxylic acids is 2. The van der Waals surface area contributed by atoms with E-state index in [0.29, 0.717) is 27.8 Å². The minimum atomic E-state index is -3.53. The molecule has 1 N–H and O–H groups in total. The van der Waals surface area contributed by atoms with Crippen molar-refractivity contribution in [2.45, 2.75) is 52.6 Å². The van der Waals surface area contributed by atoms with Crippen molar-refractivity contribution in [3.8, 4) is 0 Å². The molecule has 0 bridgehead atoms. The Kier molecular flexibility index (Phi) is 10.9. The first kappa shape index (κ1) is 28.9. The highest BCUT2D eigenvalue weighted by Crippen LogP contribution is 2.24. The van der Waals surface area contributed by atoms with Crippen molar-refractivity contribution in [1.82, 2.24) is 10.2 Å². The van der Waals surface area contributed by atoms with Gasteiger partial charge in [0.2, 0.25) is 21.8 Å². The third kappa shape index (κ3) is 8.70. The zero-order chi connectivity index (χ0) is 26.2. The van der Waals surface area contributed by atoms with Crippen LogP contribution < -0.4 is 9.62 Å². The van der Waals surface area contributed by atoms with Crippen LogP contribution in [0, 0.1) is 6.92 Å². The van der Waals surface area contributed by atoms with Crippen LogP contribution in [0.4, 0.5) is 5.69 Å². The Bertz CT molecular complexity index is 1120. The maximum absolute atomic E-state index is 13.3. The number of anilines is 1. The topological polar surface area (TPSA) is 86.8 Å². The second kappa shape index (κ2) is 13.1. The number of halogens is 2. The predicted molar refractivity (Wildman–Crippen MR) is 142 cm³/mol. The molecular weight excluding hydrogens is 509 g/mol. The second-order valence-electron chi connectivity index (χ2n) is 8.50. The van der Waals surface area contributed by atoms with Gasteiger partial charge in [0.1, 0.15) is 6.04 Å². The number of aryl methyl sites for hydroxylation is 1. The van der Waals surface area contributed by atoms with Crippen molar-refractivity contribution in [3.05, 3.63) is 63.6 Å². The van der Waals surface area contributed by atoms with E-state index in [0.717, 1.165) is 18.2 Å². The quantitative estimate of drug-likeness (QED) is 0.418. The molecule has 2 amide bonds. The van der Waals surface area contributed by atoms with Gasteiger partial charge >= 0.3 is 0 Å². The molecule has 0 saturated carbocycles. The lowest BCUT2D eigenvalue weighted by Crippen LogP contribution is -2.48. The Balaban J connectivity index is 2.18. The molecule has 2 aromatic rings. The van der Waals surface area contributed by atoms with Crippen molar-refractivity contribution in [1.29, 1.82) is 0 Å². The summed E-state index contributed by atoms with van der Waals surface area (Å²) in [5.41, 5.74) is 2.23. The van der Waals surface area contributed by atoms with Gasteiger partial charge in [-0.15, -0.1) is 0 Å². The summed E-state index contributed by atoms with van der Waals surface area (Å²) in [6.45, 7) is 6.31. The number of hydrogen-bond donors (Lipinski definition) is 1. The highest BCUT2D eigenvalue weighted by atomic mass is 35.5. The van der Waals surface area contributed by atoms with Gasteiger partial charge in [0.05, 0.1) is 11.9 Å². The minimum Gasteiger partial charge on any atom is -0.354 e. The first-order valence-electron chi connectivity index (χ1n) is 11.5. The molecule has 35 heavy (non-hydrogen) atoms. The summed E-state index contributed by atoms with van der Waals surface area (Å²) in [7, 11) is -3.53. The normalized spacial score (nSPS) is 12.2. The lowest BCUT2D eigenvalue weighted by atomic mass is 10.1. The van der Waals surface area contributed by atoms with Crippen LogP contribution in [0.5, 0.6) is 0 Å². The third-order valence-electron chi connectivity index (χ3n) is 5.55. The van der Waals surface area contributed by atoms with Crippen molar-refractivity contribution >= 4 is 50.7 Å². The number of carbonyl (C=O) groups is 2. The van der Waals surface area contributed by atoms with Crippen molar-refractivity contribution in [2.75, 3.05) is 23.7 Å². The first-order chi connectivity index (χ1) is 16.4. The molecule has 2 aromatic carbocycles. The molecule has 0 heterocycles. The highest BCUT2D eigenvalue weighted by molar-refractivity contribution is 7.92. The zero-order valence-corrected chi connectivity index (χ0v) is 22.9. The monoisotopic (exact) mass is 541 g/mol. The summed E-state index contributed by atoms with van der Waals surface area (Å²) in [5.74, 6) is -0.532. The van der Waals surface area contributed by atoms with Crippen LogP contribution in [0.3, 0.4) is 0 Å². The Hall–Kier alpha value is -2.29. The Labute approximate surface area is 218 Å². The lowest BCUT2D eigenvalue weighted by molar-refractivity contribution is -0.140. The smallest absolute Gasteiger partial charge is 0.242 e. The van der Waals surface area contributed by atoms with Gasteiger partial charge in [-0.25, -0.2) is 8.42 Å². The van der Waals surface area contributed by atoms with Crippen LogP contribution >= 0.6 is 23.2 Å². The van der Waals surface area contributed by atoms with Gasteiger partial charge in [0, 0.05) is 36.1 Å². The van der Waals surface area contributed by atoms with E-state index in [9.17, 15) is 18.0 Å². The summed E-state index contributed by atoms with van der Waals surface area (Å²) in [5, 5.41) is 3.70. The van der Waals surface area contributed by atoms with E-state index in [4.69, 9.17) is 23.2 Å². The predicted octanol–water partition coefficient (Wildman–Crippen LogP) is 4.79. The van der Waals surface area contributed by atoms with E-state index >= 15 is 0 Å². The second-order valence-corrected chi connectivity index (χ2v) is 11.2. The van der Waals surface area contributed by atoms with Crippen LogP contribution in [0.2, 0.25) is 10.0 Å². The minimum absolute atomic E-state index is 0.0640. The Morgan fingerprint density at radius 2 is 1.74 bits per heavy atom. The van der Waals surface area contributed by atoms with Gasteiger partial charge in [0.25, 0.3) is 0 Å². The molecular formula is C25H33Cl2N3O4S. The largest absolute Gasteiger partial charge is 0.354 e. The van der Waals surface area contributed by atoms with Gasteiger partial charge in [-0.2, -0.15) is 0 Å². The van der Waals surface area contributed by atoms with E-state index in [1.165, 1.54) is 9.21 Å². The average Bonchev–Trinajstić information content (AvgIpc) is 2.79. The first-order valence-corrected chi connectivity index (χ1v) is 14.1. The number of hydrogen-bond acceptors (Lipinski definition) is 4. The molecule has 0 radical (unpaired) electrons. The number of nitrogens with one attached hydrogen (secondary N) is 1. The fourth-order valence-corrected chi connectivity index (χ4v) is 4.96. The summed E-state index contributed by atoms with van der Waals surface area (Å²) in [6.07, 6.45) is 2.27. The summed E-state index contributed by atoms with van der Waals surface area (Å²) < 4.78 is 26.1. The molecule has 0 saturated heterocycles. The van der Waals surface area contributed by atoms with E-state index in [1.807, 2.05) is 26.0 Å². The summed E-state index contributed by atoms with van der Waals surface area (Å²) in [6, 6.07) is 11.4. The van der Waals surface area contributed by atoms with Crippen molar-refractivity contribution < 1.29 is 18.0 Å². The molecule has 7 nitrogen and oxygen atoms in total. The summed E-state index contributed by atoms with van der Waals surface area (Å²) >= 11 is 12.3. The molecule has 0 fully saturated rings. The van der Waals surface area contributed by atoms with Gasteiger partial charge in [-0.05, 0) is 56.5 Å². The number of benzene rings is 2. The van der Waals surface area contributed by atoms with Gasteiger partial charge in [-0.3, -0.25) is 13.9 Å². The lowest BCUT2D eigenvalue weighted by Gasteiger charge is -2.29. The van der Waals surface area contributed by atoms with E-state index < -0.39 is 16.1 Å². The van der Waals surface area contributed by atoms with Crippen LogP contribution in [0.25, 0.3) is 0 Å². The highest BCUT2D eigenvalue weighted by Gasteiger charge is 2.27. The molecule has 2 rings (SSSR count). The summed E-state index contributed by atoms with van der Waals surface area (Å²) in [4.78, 5) is 27.4. The van der Waals surface area contributed by atoms with Crippen molar-refractivity contribution in [3.63, 3.8) is 0 Å². The maximum atomic E-state index is 13.3. The zero-order valence-electron chi connectivity index (χ0n) is 20.6. The maximum Gasteiger partial charge on any atom is 0.242 e. The number of rotatable bonds is 12. The van der Waals surface area contributed by atoms with Crippen LogP contribution in [0.1, 0.15) is 44.2 Å². The van der Waals surface area contributed by atoms with E-state index in [1.54, 1.807) is 37.3 Å². The van der Waals surface area contributed by atoms with Crippen LogP contribution in [-0.4, -0.2) is 50.5 Å². The van der Waals surface area contributed by atoms with Crippen molar-refractivity contribution in [2.24, 2.45) is 0 Å². The standard InChI is InChI=1S/C25H33Cl2N3O4S/c1-5-14-28-25(32)19(3)29(17-20-10-11-21(26)16-23(20)27)24(31)7-6-15-30(35(4,33)34)22-12-8-18(2)9-13-22/h8-13,16,19H,5-7,14-15,17H2,1-4H3,(H,28,32)/t19-/m0/s1. The van der Waals surface area contributed by atoms with Crippen LogP contribution in [0.15, 0.2) is 42.5 Å². The molecule has 0 aliphatic heterocycles. The Morgan fingerprint density at radius 3 is 2.31 bits per heavy atom. The number of amides is 2. The third-order valence-corrected chi connectivity index (χ3v) is 7.33. The molecule has 0 aliphatic rings. The molecule has 10 heteroatoms. The van der Waals surface area contributed by atoms with Gasteiger partial charge < -0.3 is 10.2 Å². The fraction of sp³-hybridized carbons (Fsp3) is 0.440. The molecule has 0 spiro atoms.